The molecule has 1 aromatic heterocycles. The second kappa shape index (κ2) is 4.32. The summed E-state index contributed by atoms with van der Waals surface area (Å²) in [5, 5.41) is 0. The molecule has 1 nitrogen and oxygen atoms in total. The second-order valence-electron chi connectivity index (χ2n) is 3.59. The molecule has 0 fully saturated rings. The molecule has 1 aromatic rings. The molecule has 0 aliphatic carbocycles. The molecule has 0 spiro atoms. The van der Waals surface area contributed by atoms with Crippen LogP contribution in [0.4, 0.5) is 0 Å². The maximum Gasteiger partial charge on any atom is 0.0438 e. The minimum Gasteiger partial charge on any atom is -0.344 e. The van der Waals surface area contributed by atoms with E-state index < -0.39 is 0 Å². The van der Waals surface area contributed by atoms with Gasteiger partial charge >= 0.3 is 0 Å². The van der Waals surface area contributed by atoms with E-state index in [9.17, 15) is 0 Å². The molecule has 1 heterocycles. The minimum atomic E-state index is 1.08. The summed E-state index contributed by atoms with van der Waals surface area (Å²) in [6, 6.07) is 0. The molecular formula is C13H19N. The number of aromatic nitrogens is 1. The summed E-state index contributed by atoms with van der Waals surface area (Å²) < 4.78 is 2.20. The van der Waals surface area contributed by atoms with Gasteiger partial charge in [0.15, 0.2) is 0 Å². The summed E-state index contributed by atoms with van der Waals surface area (Å²) in [5.41, 5.74) is 5.20. The molecule has 0 amide bonds. The summed E-state index contributed by atoms with van der Waals surface area (Å²) in [5.74, 6) is 0. The van der Waals surface area contributed by atoms with Crippen molar-refractivity contribution >= 4 is 12.2 Å². The van der Waals surface area contributed by atoms with Gasteiger partial charge in [-0.25, -0.2) is 0 Å². The molecule has 0 aliphatic heterocycles. The van der Waals surface area contributed by atoms with Gasteiger partial charge in [0, 0.05) is 18.4 Å². The van der Waals surface area contributed by atoms with Gasteiger partial charge in [0.2, 0.25) is 0 Å². The molecule has 0 N–H and O–H groups in total. The van der Waals surface area contributed by atoms with Gasteiger partial charge in [0.25, 0.3) is 0 Å². The first-order valence-corrected chi connectivity index (χ1v) is 5.08. The van der Waals surface area contributed by atoms with Crippen molar-refractivity contribution in [3.8, 4) is 0 Å². The Bertz CT molecular complexity index is 367. The van der Waals surface area contributed by atoms with Crippen LogP contribution in [0.1, 0.15) is 35.9 Å². The SMILES string of the molecule is C=Cc1c(C)c(C)c(/C=C\CC)n1C. The molecule has 1 rings (SSSR count). The predicted molar refractivity (Wildman–Crippen MR) is 64.3 cm³/mol. The van der Waals surface area contributed by atoms with Crippen molar-refractivity contribution in [3.05, 3.63) is 35.2 Å². The molecule has 1 heteroatoms. The zero-order valence-corrected chi connectivity index (χ0v) is 9.59. The zero-order valence-electron chi connectivity index (χ0n) is 9.59. The molecule has 0 atom stereocenters. The van der Waals surface area contributed by atoms with E-state index in [1.54, 1.807) is 0 Å². The lowest BCUT2D eigenvalue weighted by atomic mass is 10.1. The van der Waals surface area contributed by atoms with Gasteiger partial charge in [0.05, 0.1) is 0 Å². The van der Waals surface area contributed by atoms with Crippen LogP contribution in [0.5, 0.6) is 0 Å². The number of rotatable bonds is 3. The van der Waals surface area contributed by atoms with E-state index in [0.717, 1.165) is 6.42 Å². The Balaban J connectivity index is 3.30. The molecular weight excluding hydrogens is 170 g/mol. The van der Waals surface area contributed by atoms with E-state index >= 15 is 0 Å². The van der Waals surface area contributed by atoms with E-state index in [2.05, 4.69) is 51.1 Å². The molecule has 0 saturated carbocycles. The molecule has 14 heavy (non-hydrogen) atoms. The first kappa shape index (κ1) is 10.8. The van der Waals surface area contributed by atoms with Crippen LogP contribution >= 0.6 is 0 Å². The Morgan fingerprint density at radius 1 is 1.21 bits per heavy atom. The van der Waals surface area contributed by atoms with Crippen molar-refractivity contribution in [1.82, 2.24) is 4.57 Å². The monoisotopic (exact) mass is 189 g/mol. The zero-order chi connectivity index (χ0) is 10.7. The molecule has 0 radical (unpaired) electrons. The third-order valence-corrected chi connectivity index (χ3v) is 2.76. The molecule has 0 unspecified atom stereocenters. The quantitative estimate of drug-likeness (QED) is 0.683. The standard InChI is InChI=1S/C13H19N/c1-6-8-9-13-11(4)10(3)12(7-2)14(13)5/h7-9H,2,6H2,1,3-5H3/b9-8-. The summed E-state index contributed by atoms with van der Waals surface area (Å²) in [7, 11) is 2.09. The fourth-order valence-electron chi connectivity index (χ4n) is 1.77. The molecule has 0 aliphatic rings. The van der Waals surface area contributed by atoms with E-state index in [0.29, 0.717) is 0 Å². The highest BCUT2D eigenvalue weighted by molar-refractivity contribution is 5.61. The number of allylic oxidation sites excluding steroid dienone is 1. The third-order valence-electron chi connectivity index (χ3n) is 2.76. The van der Waals surface area contributed by atoms with Crippen molar-refractivity contribution in [2.75, 3.05) is 0 Å². The summed E-state index contributed by atoms with van der Waals surface area (Å²) in [4.78, 5) is 0. The highest BCUT2D eigenvalue weighted by Crippen LogP contribution is 2.22. The molecule has 0 bridgehead atoms. The van der Waals surface area contributed by atoms with Crippen LogP contribution in [0.25, 0.3) is 12.2 Å². The van der Waals surface area contributed by atoms with Crippen molar-refractivity contribution < 1.29 is 0 Å². The smallest absolute Gasteiger partial charge is 0.0438 e. The Hall–Kier alpha value is -1.24. The van der Waals surface area contributed by atoms with Crippen molar-refractivity contribution in [1.29, 1.82) is 0 Å². The Labute approximate surface area is 86.8 Å². The van der Waals surface area contributed by atoms with Crippen LogP contribution in [-0.4, -0.2) is 4.57 Å². The minimum absolute atomic E-state index is 1.08. The second-order valence-corrected chi connectivity index (χ2v) is 3.59. The fourth-order valence-corrected chi connectivity index (χ4v) is 1.77. The lowest BCUT2D eigenvalue weighted by molar-refractivity contribution is 0.896. The van der Waals surface area contributed by atoms with E-state index in [-0.39, 0.29) is 0 Å². The summed E-state index contributed by atoms with van der Waals surface area (Å²) in [6.45, 7) is 10.3. The number of hydrogen-bond acceptors (Lipinski definition) is 0. The lowest BCUT2D eigenvalue weighted by Crippen LogP contribution is -1.93. The summed E-state index contributed by atoms with van der Waals surface area (Å²) in [6.07, 6.45) is 7.38. The van der Waals surface area contributed by atoms with Gasteiger partial charge in [-0.1, -0.05) is 19.6 Å². The van der Waals surface area contributed by atoms with Gasteiger partial charge in [-0.3, -0.25) is 0 Å². The maximum absolute atomic E-state index is 3.84. The van der Waals surface area contributed by atoms with E-state index in [1.165, 1.54) is 22.5 Å². The molecule has 76 valence electrons. The third kappa shape index (κ3) is 1.67. The first-order valence-electron chi connectivity index (χ1n) is 5.08. The van der Waals surface area contributed by atoms with Crippen LogP contribution < -0.4 is 0 Å². The average molecular weight is 189 g/mol. The maximum atomic E-state index is 3.84. The average Bonchev–Trinajstić information content (AvgIpc) is 2.37. The van der Waals surface area contributed by atoms with Gasteiger partial charge in [-0.05, 0) is 43.5 Å². The van der Waals surface area contributed by atoms with Gasteiger partial charge < -0.3 is 4.57 Å². The van der Waals surface area contributed by atoms with Crippen LogP contribution in [0.2, 0.25) is 0 Å². The van der Waals surface area contributed by atoms with E-state index in [1.807, 2.05) is 6.08 Å². The van der Waals surface area contributed by atoms with Crippen LogP contribution in [0.3, 0.4) is 0 Å². The topological polar surface area (TPSA) is 4.93 Å². The molecule has 0 aromatic carbocycles. The van der Waals surface area contributed by atoms with Crippen molar-refractivity contribution in [2.45, 2.75) is 27.2 Å². The van der Waals surface area contributed by atoms with Gasteiger partial charge in [-0.15, -0.1) is 0 Å². The van der Waals surface area contributed by atoms with Gasteiger partial charge in [-0.2, -0.15) is 0 Å². The van der Waals surface area contributed by atoms with Crippen LogP contribution in [0, 0.1) is 13.8 Å². The van der Waals surface area contributed by atoms with Crippen LogP contribution in [-0.2, 0) is 7.05 Å². The predicted octanol–water partition coefficient (Wildman–Crippen LogP) is 3.71. The Kier molecular flexibility index (Phi) is 3.34. The Morgan fingerprint density at radius 3 is 2.21 bits per heavy atom. The highest BCUT2D eigenvalue weighted by Gasteiger charge is 2.09. The van der Waals surface area contributed by atoms with Crippen LogP contribution in [0.15, 0.2) is 12.7 Å². The largest absolute Gasteiger partial charge is 0.344 e. The fraction of sp³-hybridized carbons (Fsp3) is 0.385. The van der Waals surface area contributed by atoms with Gasteiger partial charge in [0.1, 0.15) is 0 Å². The normalized spacial score (nSPS) is 11.1. The number of hydrogen-bond donors (Lipinski definition) is 0. The van der Waals surface area contributed by atoms with Crippen molar-refractivity contribution in [3.63, 3.8) is 0 Å². The highest BCUT2D eigenvalue weighted by atomic mass is 15.0. The van der Waals surface area contributed by atoms with Crippen molar-refractivity contribution in [2.24, 2.45) is 7.05 Å². The molecule has 0 saturated heterocycles. The summed E-state index contributed by atoms with van der Waals surface area (Å²) >= 11 is 0. The Morgan fingerprint density at radius 2 is 1.79 bits per heavy atom. The number of nitrogens with zero attached hydrogens (tertiary/aromatic N) is 1. The first-order chi connectivity index (χ1) is 6.63. The van der Waals surface area contributed by atoms with E-state index in [4.69, 9.17) is 0 Å². The lowest BCUT2D eigenvalue weighted by Gasteiger charge is -2.01.